The summed E-state index contributed by atoms with van der Waals surface area (Å²) in [6, 6.07) is 5.61. The van der Waals surface area contributed by atoms with Crippen molar-refractivity contribution in [2.45, 2.75) is 0 Å². The molecule has 1 fully saturated rings. The lowest BCUT2D eigenvalue weighted by Crippen LogP contribution is -2.36. The summed E-state index contributed by atoms with van der Waals surface area (Å²) < 4.78 is 23.8. The molecule has 1 aromatic carbocycles. The number of halogens is 1. The number of morpholine rings is 1. The number of aromatic carboxylic acids is 1. The Balaban J connectivity index is 2.05. The van der Waals surface area contributed by atoms with E-state index in [0.717, 1.165) is 0 Å². The Morgan fingerprint density at radius 3 is 2.76 bits per heavy atom. The maximum Gasteiger partial charge on any atom is 0.343 e. The first-order chi connectivity index (χ1) is 10.2. The van der Waals surface area contributed by atoms with Crippen LogP contribution in [0.15, 0.2) is 28.8 Å². The number of aromatic nitrogens is 1. The molecule has 1 N–H and O–H groups in total. The van der Waals surface area contributed by atoms with Crippen LogP contribution in [0.2, 0.25) is 0 Å². The summed E-state index contributed by atoms with van der Waals surface area (Å²) in [5.41, 5.74) is 0.446. The first-order valence-electron chi connectivity index (χ1n) is 6.48. The van der Waals surface area contributed by atoms with Gasteiger partial charge in [0.2, 0.25) is 5.88 Å². The summed E-state index contributed by atoms with van der Waals surface area (Å²) in [6.45, 7) is 2.04. The van der Waals surface area contributed by atoms with Gasteiger partial charge in [-0.2, -0.15) is 0 Å². The van der Waals surface area contributed by atoms with E-state index in [4.69, 9.17) is 9.26 Å². The predicted molar refractivity (Wildman–Crippen MR) is 71.9 cm³/mol. The topological polar surface area (TPSA) is 75.8 Å². The third-order valence-corrected chi connectivity index (χ3v) is 3.28. The molecular weight excluding hydrogens is 279 g/mol. The number of rotatable bonds is 3. The van der Waals surface area contributed by atoms with Gasteiger partial charge in [-0.15, -0.1) is 0 Å². The Hall–Kier alpha value is -2.41. The Morgan fingerprint density at radius 1 is 1.33 bits per heavy atom. The molecule has 0 bridgehead atoms. The van der Waals surface area contributed by atoms with Crippen LogP contribution in [-0.2, 0) is 4.74 Å². The second kappa shape index (κ2) is 5.53. The maximum atomic E-state index is 13.3. The van der Waals surface area contributed by atoms with Gasteiger partial charge in [-0.05, 0) is 12.1 Å². The molecule has 1 saturated heterocycles. The molecule has 6 nitrogen and oxygen atoms in total. The zero-order chi connectivity index (χ0) is 14.8. The van der Waals surface area contributed by atoms with Crippen molar-refractivity contribution in [1.29, 1.82) is 0 Å². The van der Waals surface area contributed by atoms with E-state index < -0.39 is 11.8 Å². The van der Waals surface area contributed by atoms with Crippen LogP contribution in [0.3, 0.4) is 0 Å². The molecule has 1 aliphatic heterocycles. The molecular formula is C14H13FN2O4. The lowest BCUT2D eigenvalue weighted by atomic mass is 10.1. The molecule has 0 atom stereocenters. The van der Waals surface area contributed by atoms with Crippen LogP contribution in [0.25, 0.3) is 11.3 Å². The largest absolute Gasteiger partial charge is 0.477 e. The van der Waals surface area contributed by atoms with Gasteiger partial charge in [-0.1, -0.05) is 17.3 Å². The van der Waals surface area contributed by atoms with Crippen LogP contribution in [0.4, 0.5) is 10.3 Å². The van der Waals surface area contributed by atoms with E-state index in [0.29, 0.717) is 31.9 Å². The van der Waals surface area contributed by atoms with Crippen molar-refractivity contribution in [3.63, 3.8) is 0 Å². The van der Waals surface area contributed by atoms with Gasteiger partial charge in [0.1, 0.15) is 11.5 Å². The van der Waals surface area contributed by atoms with E-state index in [2.05, 4.69) is 5.16 Å². The minimum atomic E-state index is -1.16. The molecule has 2 heterocycles. The summed E-state index contributed by atoms with van der Waals surface area (Å²) in [7, 11) is 0. The zero-order valence-corrected chi connectivity index (χ0v) is 11.1. The van der Waals surface area contributed by atoms with E-state index in [1.807, 2.05) is 0 Å². The molecule has 2 aromatic rings. The Bertz CT molecular complexity index is 665. The molecule has 0 aliphatic carbocycles. The fourth-order valence-corrected chi connectivity index (χ4v) is 2.29. The van der Waals surface area contributed by atoms with Crippen LogP contribution in [0.5, 0.6) is 0 Å². The minimum absolute atomic E-state index is 0.0532. The molecule has 21 heavy (non-hydrogen) atoms. The molecule has 0 unspecified atom stereocenters. The molecule has 1 aliphatic rings. The number of carboxylic acid groups (broad SMARTS) is 1. The molecule has 110 valence electrons. The highest BCUT2D eigenvalue weighted by Gasteiger charge is 2.28. The summed E-state index contributed by atoms with van der Waals surface area (Å²) in [5.74, 6) is -1.43. The summed E-state index contributed by atoms with van der Waals surface area (Å²) in [6.07, 6.45) is 0. The van der Waals surface area contributed by atoms with Crippen molar-refractivity contribution < 1.29 is 23.6 Å². The number of benzene rings is 1. The van der Waals surface area contributed by atoms with Gasteiger partial charge >= 0.3 is 5.97 Å². The highest BCUT2D eigenvalue weighted by atomic mass is 19.1. The first-order valence-corrected chi connectivity index (χ1v) is 6.48. The molecule has 0 amide bonds. The summed E-state index contributed by atoms with van der Waals surface area (Å²) >= 11 is 0. The van der Waals surface area contributed by atoms with Gasteiger partial charge in [0.15, 0.2) is 5.56 Å². The monoisotopic (exact) mass is 292 g/mol. The fourth-order valence-electron chi connectivity index (χ4n) is 2.29. The van der Waals surface area contributed by atoms with Crippen LogP contribution in [0.1, 0.15) is 10.4 Å². The number of carboxylic acids is 1. The lowest BCUT2D eigenvalue weighted by Gasteiger charge is -2.26. The van der Waals surface area contributed by atoms with Gasteiger partial charge in [-0.3, -0.25) is 0 Å². The zero-order valence-electron chi connectivity index (χ0n) is 11.1. The van der Waals surface area contributed by atoms with E-state index in [1.165, 1.54) is 18.2 Å². The second-order valence-electron chi connectivity index (χ2n) is 4.63. The molecule has 0 radical (unpaired) electrons. The van der Waals surface area contributed by atoms with Gasteiger partial charge in [-0.25, -0.2) is 9.18 Å². The summed E-state index contributed by atoms with van der Waals surface area (Å²) in [4.78, 5) is 13.3. The summed E-state index contributed by atoms with van der Waals surface area (Å²) in [5, 5.41) is 13.3. The number of hydrogen-bond acceptors (Lipinski definition) is 5. The molecule has 3 rings (SSSR count). The average molecular weight is 292 g/mol. The third kappa shape index (κ3) is 2.59. The smallest absolute Gasteiger partial charge is 0.343 e. The Kier molecular flexibility index (Phi) is 3.57. The number of nitrogens with zero attached hydrogens (tertiary/aromatic N) is 2. The maximum absolute atomic E-state index is 13.3. The number of hydrogen-bond donors (Lipinski definition) is 1. The Labute approximate surface area is 119 Å². The lowest BCUT2D eigenvalue weighted by molar-refractivity contribution is 0.0696. The molecule has 7 heteroatoms. The third-order valence-electron chi connectivity index (χ3n) is 3.28. The Morgan fingerprint density at radius 2 is 2.10 bits per heavy atom. The van der Waals surface area contributed by atoms with Gasteiger partial charge in [0.25, 0.3) is 0 Å². The minimum Gasteiger partial charge on any atom is -0.477 e. The van der Waals surface area contributed by atoms with E-state index >= 15 is 0 Å². The number of anilines is 1. The van der Waals surface area contributed by atoms with Crippen LogP contribution in [-0.4, -0.2) is 42.5 Å². The molecule has 1 aromatic heterocycles. The van der Waals surface area contributed by atoms with Crippen LogP contribution < -0.4 is 4.90 Å². The van der Waals surface area contributed by atoms with Gasteiger partial charge in [0, 0.05) is 18.7 Å². The van der Waals surface area contributed by atoms with Crippen molar-refractivity contribution in [2.75, 3.05) is 31.2 Å². The van der Waals surface area contributed by atoms with Crippen molar-refractivity contribution in [1.82, 2.24) is 5.16 Å². The van der Waals surface area contributed by atoms with Crippen molar-refractivity contribution in [3.05, 3.63) is 35.6 Å². The standard InChI is InChI=1S/C14H13FN2O4/c15-10-3-1-2-9(8-10)12-11(14(18)19)13(21-16-12)17-4-6-20-7-5-17/h1-3,8H,4-7H2,(H,18,19). The van der Waals surface area contributed by atoms with Crippen LogP contribution in [0, 0.1) is 5.82 Å². The normalized spacial score (nSPS) is 15.2. The molecule has 0 spiro atoms. The van der Waals surface area contributed by atoms with E-state index in [1.54, 1.807) is 11.0 Å². The quantitative estimate of drug-likeness (QED) is 0.932. The number of ether oxygens (including phenoxy) is 1. The predicted octanol–water partition coefficient (Wildman–Crippen LogP) is 2.02. The highest BCUT2D eigenvalue weighted by molar-refractivity contribution is 5.99. The van der Waals surface area contributed by atoms with Crippen molar-refractivity contribution in [3.8, 4) is 11.3 Å². The van der Waals surface area contributed by atoms with E-state index in [-0.39, 0.29) is 17.1 Å². The average Bonchev–Trinajstić information content (AvgIpc) is 2.93. The van der Waals surface area contributed by atoms with Gasteiger partial charge < -0.3 is 19.3 Å². The fraction of sp³-hybridized carbons (Fsp3) is 0.286. The SMILES string of the molecule is O=C(O)c1c(-c2cccc(F)c2)noc1N1CCOCC1. The van der Waals surface area contributed by atoms with Crippen molar-refractivity contribution in [2.24, 2.45) is 0 Å². The highest BCUT2D eigenvalue weighted by Crippen LogP contribution is 2.31. The van der Waals surface area contributed by atoms with Gasteiger partial charge in [0.05, 0.1) is 13.2 Å². The van der Waals surface area contributed by atoms with Crippen LogP contribution >= 0.6 is 0 Å². The molecule has 0 saturated carbocycles. The second-order valence-corrected chi connectivity index (χ2v) is 4.63. The van der Waals surface area contributed by atoms with E-state index in [9.17, 15) is 14.3 Å². The first kappa shape index (κ1) is 13.6. The van der Waals surface area contributed by atoms with Crippen molar-refractivity contribution >= 4 is 11.9 Å². The number of carbonyl (C=O) groups is 1.